The summed E-state index contributed by atoms with van der Waals surface area (Å²) in [7, 11) is 3.29. The molecule has 0 saturated heterocycles. The number of hydrogen-bond acceptors (Lipinski definition) is 12. The molecule has 100 heavy (non-hydrogen) atoms. The average molecular weight is 1550 g/mol. The van der Waals surface area contributed by atoms with E-state index in [4.69, 9.17) is 28.4 Å². The topological polar surface area (TPSA) is 137 Å². The van der Waals surface area contributed by atoms with Crippen LogP contribution in [0.25, 0.3) is 32.1 Å². The summed E-state index contributed by atoms with van der Waals surface area (Å²) in [5, 5.41) is 2.10. The summed E-state index contributed by atoms with van der Waals surface area (Å²) >= 11 is 2.89. The molecule has 4 aliphatic rings. The third-order valence-corrected chi connectivity index (χ3v) is 26.6. The van der Waals surface area contributed by atoms with Crippen molar-refractivity contribution in [3.63, 3.8) is 0 Å². The van der Waals surface area contributed by atoms with E-state index in [1.807, 2.05) is 12.1 Å². The number of fused-ring (bicyclic) bond motifs is 2. The van der Waals surface area contributed by atoms with Crippen LogP contribution in [0.3, 0.4) is 0 Å². The van der Waals surface area contributed by atoms with Crippen molar-refractivity contribution in [2.24, 2.45) is 11.8 Å². The second-order valence-corrected chi connectivity index (χ2v) is 34.0. The third-order valence-electron chi connectivity index (χ3n) is 20.1. The van der Waals surface area contributed by atoms with Crippen molar-refractivity contribution in [3.05, 3.63) is 99.8 Å². The molecule has 0 radical (unpaired) electrons. The Balaban J connectivity index is 1.16. The Bertz CT molecular complexity index is 3180. The van der Waals surface area contributed by atoms with Gasteiger partial charge in [0.05, 0.1) is 0 Å². The first kappa shape index (κ1) is 81.7. The van der Waals surface area contributed by atoms with Gasteiger partial charge < -0.3 is 0 Å². The first-order valence-electron chi connectivity index (χ1n) is 39.0. The molecule has 0 spiro atoms. The first-order valence-corrected chi connectivity index (χ1v) is 44.3. The van der Waals surface area contributed by atoms with Gasteiger partial charge in [0.15, 0.2) is 0 Å². The normalized spacial score (nSPS) is 15.5. The zero-order valence-corrected chi connectivity index (χ0v) is 67.0. The second kappa shape index (κ2) is 46.7. The fourth-order valence-corrected chi connectivity index (χ4v) is 20.6. The summed E-state index contributed by atoms with van der Waals surface area (Å²) in [6.45, 7) is 14.8. The van der Waals surface area contributed by atoms with E-state index in [1.165, 1.54) is 154 Å². The predicted octanol–water partition coefficient (Wildman–Crippen LogP) is 18.4. The molecular weight excluding hydrogens is 1420 g/mol. The Morgan fingerprint density at radius 1 is 0.360 bits per heavy atom. The Morgan fingerprint density at radius 3 is 1.14 bits per heavy atom. The monoisotopic (exact) mass is 1550 g/mol. The van der Waals surface area contributed by atoms with E-state index in [2.05, 4.69) is 84.2 Å². The van der Waals surface area contributed by atoms with Crippen molar-refractivity contribution >= 4 is 98.1 Å². The van der Waals surface area contributed by atoms with E-state index in [-0.39, 0.29) is 78.9 Å². The number of carbonyl (C=O) groups excluding carboxylic acids is 4. The molecule has 14 nitrogen and oxygen atoms in total. The van der Waals surface area contributed by atoms with Crippen molar-refractivity contribution in [2.75, 3.05) is 106 Å². The molecule has 2 unspecified atom stereocenters. The molecule has 4 aromatic rings. The van der Waals surface area contributed by atoms with Gasteiger partial charge in [-0.2, -0.15) is 0 Å². The van der Waals surface area contributed by atoms with Gasteiger partial charge in [-0.15, -0.1) is 0 Å². The Hall–Kier alpha value is -4.00. The van der Waals surface area contributed by atoms with Crippen LogP contribution in [0.15, 0.2) is 81.1 Å². The van der Waals surface area contributed by atoms with Crippen molar-refractivity contribution < 1.29 is 47.6 Å². The molecule has 0 aliphatic carbocycles. The molecule has 18 heteroatoms. The van der Waals surface area contributed by atoms with E-state index in [0.717, 1.165) is 90.7 Å². The van der Waals surface area contributed by atoms with Gasteiger partial charge in [0, 0.05) is 14.2 Å². The number of unbranched alkanes of at least 4 members (excludes halogenated alkanes) is 24. The van der Waals surface area contributed by atoms with Gasteiger partial charge in [-0.3, -0.25) is 0 Å². The van der Waals surface area contributed by atoms with Crippen molar-refractivity contribution in [3.8, 4) is 9.31 Å². The van der Waals surface area contributed by atoms with Gasteiger partial charge in [-0.25, -0.2) is 0 Å². The minimum atomic E-state index is -0.342. The van der Waals surface area contributed by atoms with Gasteiger partial charge in [0.25, 0.3) is 0 Å². The summed E-state index contributed by atoms with van der Waals surface area (Å²) in [4.78, 5) is 75.6. The first-order chi connectivity index (χ1) is 49.2. The summed E-state index contributed by atoms with van der Waals surface area (Å²) in [6, 6.07) is 16.9. The molecule has 0 fully saturated rings. The number of nitrogens with zero attached hydrogens (tertiary/aromatic N) is 4. The number of methoxy groups -OCH3 is 2. The summed E-state index contributed by atoms with van der Waals surface area (Å²) in [6.07, 6.45) is 39.2. The van der Waals surface area contributed by atoms with Crippen LogP contribution in [0.1, 0.15) is 252 Å². The molecule has 0 N–H and O–H groups in total. The molecule has 0 bridgehead atoms. The van der Waals surface area contributed by atoms with Gasteiger partial charge in [0.2, 0.25) is 0 Å². The molecule has 0 saturated carbocycles. The van der Waals surface area contributed by atoms with E-state index >= 15 is 19.2 Å². The van der Waals surface area contributed by atoms with Crippen molar-refractivity contribution in [2.45, 2.75) is 233 Å². The van der Waals surface area contributed by atoms with Crippen molar-refractivity contribution in [1.29, 1.82) is 0 Å². The molecule has 2 atom stereocenters. The summed E-state index contributed by atoms with van der Waals surface area (Å²) < 4.78 is 36.9. The SMILES string of the molecule is CCCCCCCCCCC(CCCCCCCC)CN1C(=O)C2=C(c3ccc(-c4ccc(C5=C6C(=O)N(CCOCCOCCOC)C(c7ccc[se]7)=C6C(=O)N5CCOCCOCCOC)[se]4)s3)N(CC(CCCCCCCC)CCCCCCCCCC)C(=O)C2=C1c1cccs1. The maximum atomic E-state index is 16.2. The predicted molar refractivity (Wildman–Crippen MR) is 413 cm³/mol. The molecule has 554 valence electrons. The van der Waals surface area contributed by atoms with Gasteiger partial charge in [0.1, 0.15) is 0 Å². The second-order valence-electron chi connectivity index (χ2n) is 27.7. The zero-order valence-electron chi connectivity index (χ0n) is 62.0. The number of ether oxygens (including phenoxy) is 6. The van der Waals surface area contributed by atoms with Crippen LogP contribution in [0.2, 0.25) is 0 Å². The van der Waals surface area contributed by atoms with E-state index in [0.29, 0.717) is 111 Å². The average Bonchev–Trinajstić information content (AvgIpc) is 1.56. The number of carbonyl (C=O) groups is 4. The molecule has 0 aromatic carbocycles. The summed E-state index contributed by atoms with van der Waals surface area (Å²) in [5.41, 5.74) is 4.97. The van der Waals surface area contributed by atoms with Crippen LogP contribution in [0.4, 0.5) is 0 Å². The maximum absolute atomic E-state index is 16.2. The molecule has 4 amide bonds. The fourth-order valence-electron chi connectivity index (χ4n) is 14.6. The Morgan fingerprint density at radius 2 is 0.730 bits per heavy atom. The van der Waals surface area contributed by atoms with Gasteiger partial charge in [-0.1, -0.05) is 156 Å². The van der Waals surface area contributed by atoms with Gasteiger partial charge >= 0.3 is 456 Å². The van der Waals surface area contributed by atoms with Crippen LogP contribution in [0.5, 0.6) is 0 Å². The Labute approximate surface area is 621 Å². The molecule has 8 heterocycles. The minimum absolute atomic E-state index is 0.0312. The fraction of sp³-hybridized carbons (Fsp3) is 0.659. The van der Waals surface area contributed by atoms with E-state index in [9.17, 15) is 0 Å². The zero-order chi connectivity index (χ0) is 70.5. The standard InChI is InChI=1S/C82H122N4O10S2Se2/c1-7-11-15-19-23-25-29-33-39-63(37-31-27-21-17-13-9-3)61-85-75(66-41-35-59-97-66)71-72(82(85)90)76(86(81(71)89)62-64(38-32-28-22-18-14-10-4)40-34-30-26-24-20-16-12-8-2)67-44-43-65(98-67)68-45-46-70(100-68)78-74-73(79(87)84(78)48-50-94-56-58-96-54-52-92-6)77(69-42-36-60-99-69)83(80(74)88)47-49-93-55-57-95-53-51-91-5/h35-36,41-46,59-60,63-64H,7-34,37-40,47-58,61-62H2,1-6H3. The van der Waals surface area contributed by atoms with Crippen LogP contribution in [0, 0.1) is 11.8 Å². The van der Waals surface area contributed by atoms with Crippen LogP contribution in [-0.4, -0.2) is 179 Å². The summed E-state index contributed by atoms with van der Waals surface area (Å²) in [5.74, 6) is 0.162. The molecule has 4 aromatic heterocycles. The molecule has 4 aliphatic heterocycles. The van der Waals surface area contributed by atoms with Crippen LogP contribution in [-0.2, 0) is 47.6 Å². The van der Waals surface area contributed by atoms with Gasteiger partial charge in [-0.05, 0) is 0 Å². The van der Waals surface area contributed by atoms with Crippen LogP contribution < -0.4 is 0 Å². The Kier molecular flexibility index (Phi) is 38.2. The third kappa shape index (κ3) is 24.0. The molecular formula is C82H122N4O10S2Se2. The van der Waals surface area contributed by atoms with E-state index in [1.54, 1.807) is 46.7 Å². The number of amides is 4. The van der Waals surface area contributed by atoms with Crippen molar-refractivity contribution in [1.82, 2.24) is 19.6 Å². The van der Waals surface area contributed by atoms with E-state index < -0.39 is 0 Å². The number of rotatable bonds is 59. The quantitative estimate of drug-likeness (QED) is 0.0310. The number of thiophene rings is 2. The molecule has 8 rings (SSSR count). The number of hydrogen-bond donors (Lipinski definition) is 0. The van der Waals surface area contributed by atoms with Crippen LogP contribution >= 0.6 is 22.7 Å².